The Kier molecular flexibility index (Phi) is 4.99. The Morgan fingerprint density at radius 2 is 2.05 bits per heavy atom. The summed E-state index contributed by atoms with van der Waals surface area (Å²) in [6, 6.07) is 3.67. The van der Waals surface area contributed by atoms with E-state index in [4.69, 9.17) is 0 Å². The van der Waals surface area contributed by atoms with E-state index in [1.165, 1.54) is 31.4 Å². The van der Waals surface area contributed by atoms with Gasteiger partial charge in [-0.05, 0) is 52.3 Å². The third kappa shape index (κ3) is 3.80. The standard InChI is InChI=1S/C15H28N4/c1-5-16-13-6-8-14(9-7-13)18(3)11-15-10-12(2)17-19(15)4/h10,13-14,16H,5-9,11H2,1-4H3. The molecule has 1 fully saturated rings. The van der Waals surface area contributed by atoms with Gasteiger partial charge in [-0.1, -0.05) is 6.92 Å². The van der Waals surface area contributed by atoms with E-state index in [0.29, 0.717) is 0 Å². The van der Waals surface area contributed by atoms with Crippen LogP contribution < -0.4 is 5.32 Å². The zero-order valence-electron chi connectivity index (χ0n) is 12.8. The fraction of sp³-hybridized carbons (Fsp3) is 0.800. The van der Waals surface area contributed by atoms with Crippen molar-refractivity contribution < 1.29 is 0 Å². The van der Waals surface area contributed by atoms with Gasteiger partial charge < -0.3 is 5.32 Å². The van der Waals surface area contributed by atoms with Crippen molar-refractivity contribution in [2.45, 2.75) is 58.2 Å². The SMILES string of the molecule is CCNC1CCC(N(C)Cc2cc(C)nn2C)CC1. The van der Waals surface area contributed by atoms with Crippen molar-refractivity contribution in [1.29, 1.82) is 0 Å². The summed E-state index contributed by atoms with van der Waals surface area (Å²) in [5.74, 6) is 0. The summed E-state index contributed by atoms with van der Waals surface area (Å²) < 4.78 is 2.01. The minimum absolute atomic E-state index is 0.727. The van der Waals surface area contributed by atoms with Crippen LogP contribution >= 0.6 is 0 Å². The second-order valence-corrected chi connectivity index (χ2v) is 5.88. The topological polar surface area (TPSA) is 33.1 Å². The second kappa shape index (κ2) is 6.53. The molecule has 0 radical (unpaired) electrons. The molecule has 0 aliphatic heterocycles. The van der Waals surface area contributed by atoms with Crippen LogP contribution in [0.5, 0.6) is 0 Å². The van der Waals surface area contributed by atoms with Gasteiger partial charge in [-0.3, -0.25) is 9.58 Å². The summed E-state index contributed by atoms with van der Waals surface area (Å²) in [5.41, 5.74) is 2.43. The van der Waals surface area contributed by atoms with E-state index in [1.807, 2.05) is 11.7 Å². The molecular formula is C15H28N4. The average molecular weight is 264 g/mol. The Labute approximate surface area is 117 Å². The third-order valence-corrected chi connectivity index (χ3v) is 4.32. The van der Waals surface area contributed by atoms with Gasteiger partial charge in [0.1, 0.15) is 0 Å². The van der Waals surface area contributed by atoms with Gasteiger partial charge in [-0.25, -0.2) is 0 Å². The van der Waals surface area contributed by atoms with E-state index in [9.17, 15) is 0 Å². The first-order valence-corrected chi connectivity index (χ1v) is 7.53. The largest absolute Gasteiger partial charge is 0.314 e. The first-order chi connectivity index (χ1) is 9.10. The fourth-order valence-corrected chi connectivity index (χ4v) is 3.21. The Morgan fingerprint density at radius 3 is 2.58 bits per heavy atom. The minimum Gasteiger partial charge on any atom is -0.314 e. The number of hydrogen-bond donors (Lipinski definition) is 1. The predicted octanol–water partition coefficient (Wildman–Crippen LogP) is 2.08. The van der Waals surface area contributed by atoms with Crippen LogP contribution in [0.2, 0.25) is 0 Å². The van der Waals surface area contributed by atoms with Crippen molar-refractivity contribution in [2.24, 2.45) is 7.05 Å². The van der Waals surface area contributed by atoms with Crippen LogP contribution in [0, 0.1) is 6.92 Å². The molecule has 4 heteroatoms. The van der Waals surface area contributed by atoms with E-state index in [-0.39, 0.29) is 0 Å². The van der Waals surface area contributed by atoms with Gasteiger partial charge in [0.15, 0.2) is 0 Å². The summed E-state index contributed by atoms with van der Waals surface area (Å²) in [6.45, 7) is 6.36. The zero-order chi connectivity index (χ0) is 13.8. The zero-order valence-corrected chi connectivity index (χ0v) is 12.8. The minimum atomic E-state index is 0.727. The Hall–Kier alpha value is -0.870. The van der Waals surface area contributed by atoms with Gasteiger partial charge in [0.2, 0.25) is 0 Å². The van der Waals surface area contributed by atoms with E-state index >= 15 is 0 Å². The number of rotatable bonds is 5. The van der Waals surface area contributed by atoms with E-state index in [1.54, 1.807) is 0 Å². The molecule has 0 atom stereocenters. The lowest BCUT2D eigenvalue weighted by molar-refractivity contribution is 0.165. The molecule has 1 saturated carbocycles. The lowest BCUT2D eigenvalue weighted by Crippen LogP contribution is -2.40. The molecule has 1 aliphatic carbocycles. The number of hydrogen-bond acceptors (Lipinski definition) is 3. The van der Waals surface area contributed by atoms with Gasteiger partial charge in [0.05, 0.1) is 11.4 Å². The van der Waals surface area contributed by atoms with Crippen molar-refractivity contribution in [3.63, 3.8) is 0 Å². The molecule has 0 saturated heterocycles. The van der Waals surface area contributed by atoms with Crippen LogP contribution in [0.3, 0.4) is 0 Å². The highest BCUT2D eigenvalue weighted by molar-refractivity contribution is 5.08. The van der Waals surface area contributed by atoms with Gasteiger partial charge >= 0.3 is 0 Å². The Bertz CT molecular complexity index is 391. The molecule has 1 aromatic rings. The van der Waals surface area contributed by atoms with Crippen LogP contribution in [-0.4, -0.2) is 40.4 Å². The number of aryl methyl sites for hydroxylation is 2. The van der Waals surface area contributed by atoms with Gasteiger partial charge in [-0.15, -0.1) is 0 Å². The molecule has 0 unspecified atom stereocenters. The average Bonchev–Trinajstić information content (AvgIpc) is 2.69. The molecule has 1 N–H and O–H groups in total. The van der Waals surface area contributed by atoms with Crippen LogP contribution in [0.15, 0.2) is 6.07 Å². The molecule has 0 spiro atoms. The van der Waals surface area contributed by atoms with Gasteiger partial charge in [-0.2, -0.15) is 5.10 Å². The Morgan fingerprint density at radius 1 is 1.37 bits per heavy atom. The fourth-order valence-electron chi connectivity index (χ4n) is 3.21. The summed E-state index contributed by atoms with van der Waals surface area (Å²) in [5, 5.41) is 8.00. The van der Waals surface area contributed by atoms with Gasteiger partial charge in [0.25, 0.3) is 0 Å². The third-order valence-electron chi connectivity index (χ3n) is 4.32. The first-order valence-electron chi connectivity index (χ1n) is 7.53. The smallest absolute Gasteiger partial charge is 0.0597 e. The van der Waals surface area contributed by atoms with Crippen molar-refractivity contribution >= 4 is 0 Å². The molecule has 1 heterocycles. The van der Waals surface area contributed by atoms with Crippen molar-refractivity contribution in [2.75, 3.05) is 13.6 Å². The summed E-state index contributed by atoms with van der Waals surface area (Å²) >= 11 is 0. The monoisotopic (exact) mass is 264 g/mol. The van der Waals surface area contributed by atoms with E-state index < -0.39 is 0 Å². The molecule has 2 rings (SSSR count). The lowest BCUT2D eigenvalue weighted by Gasteiger charge is -2.34. The molecular weight excluding hydrogens is 236 g/mol. The van der Waals surface area contributed by atoms with Crippen LogP contribution in [-0.2, 0) is 13.6 Å². The number of nitrogens with one attached hydrogen (secondary N) is 1. The summed E-state index contributed by atoms with van der Waals surface area (Å²) in [6.07, 6.45) is 5.25. The van der Waals surface area contributed by atoms with E-state index in [0.717, 1.165) is 30.9 Å². The second-order valence-electron chi connectivity index (χ2n) is 5.88. The Balaban J connectivity index is 1.84. The van der Waals surface area contributed by atoms with Crippen molar-refractivity contribution in [1.82, 2.24) is 20.0 Å². The molecule has 0 bridgehead atoms. The summed E-state index contributed by atoms with van der Waals surface area (Å²) in [4.78, 5) is 2.50. The quantitative estimate of drug-likeness (QED) is 0.884. The van der Waals surface area contributed by atoms with Crippen LogP contribution in [0.1, 0.15) is 44.0 Å². The molecule has 1 aromatic heterocycles. The summed E-state index contributed by atoms with van der Waals surface area (Å²) in [7, 11) is 4.29. The molecule has 4 nitrogen and oxygen atoms in total. The highest BCUT2D eigenvalue weighted by atomic mass is 15.3. The van der Waals surface area contributed by atoms with E-state index in [2.05, 4.69) is 42.3 Å². The van der Waals surface area contributed by atoms with Gasteiger partial charge in [0, 0.05) is 25.7 Å². The molecule has 0 aromatic carbocycles. The lowest BCUT2D eigenvalue weighted by atomic mass is 9.90. The van der Waals surface area contributed by atoms with Crippen LogP contribution in [0.25, 0.3) is 0 Å². The normalized spacial score (nSPS) is 24.1. The molecule has 1 aliphatic rings. The highest BCUT2D eigenvalue weighted by Gasteiger charge is 2.23. The molecule has 0 amide bonds. The van der Waals surface area contributed by atoms with Crippen molar-refractivity contribution in [3.8, 4) is 0 Å². The van der Waals surface area contributed by atoms with Crippen LogP contribution in [0.4, 0.5) is 0 Å². The maximum absolute atomic E-state index is 4.43. The number of nitrogens with zero attached hydrogens (tertiary/aromatic N) is 3. The predicted molar refractivity (Wildman–Crippen MR) is 79.1 cm³/mol. The maximum atomic E-state index is 4.43. The molecule has 19 heavy (non-hydrogen) atoms. The maximum Gasteiger partial charge on any atom is 0.0597 e. The molecule has 108 valence electrons. The first kappa shape index (κ1) is 14.5. The number of aromatic nitrogens is 2. The highest BCUT2D eigenvalue weighted by Crippen LogP contribution is 2.23. The van der Waals surface area contributed by atoms with Crippen molar-refractivity contribution in [3.05, 3.63) is 17.5 Å².